The van der Waals surface area contributed by atoms with Gasteiger partial charge < -0.3 is 0 Å². The summed E-state index contributed by atoms with van der Waals surface area (Å²) < 4.78 is 5.95. The molecule has 0 aliphatic heterocycles. The van der Waals surface area contributed by atoms with Gasteiger partial charge in [0.05, 0.1) is 0 Å². The Morgan fingerprint density at radius 1 is 0.724 bits per heavy atom. The molecule has 0 radical (unpaired) electrons. The van der Waals surface area contributed by atoms with E-state index in [4.69, 9.17) is 4.98 Å². The van der Waals surface area contributed by atoms with E-state index in [1.807, 2.05) is 0 Å². The molecular weight excluding hydrogens is 457 g/mol. The zero-order valence-corrected chi connectivity index (χ0v) is 22.1. The van der Waals surface area contributed by atoms with Crippen LogP contribution in [0.15, 0.2) is 42.6 Å². The minimum absolute atomic E-state index is 1.10. The van der Waals surface area contributed by atoms with Gasteiger partial charge in [0.15, 0.2) is 0 Å². The molecule has 0 saturated carbocycles. The summed E-state index contributed by atoms with van der Waals surface area (Å²) in [6.45, 7) is 9.23. The molecule has 0 aliphatic rings. The molecule has 2 heteroatoms. The molecule has 0 saturated heterocycles. The second kappa shape index (κ2) is 13.3. The van der Waals surface area contributed by atoms with Crippen LogP contribution in [0.4, 0.5) is 0 Å². The van der Waals surface area contributed by atoms with Crippen molar-refractivity contribution in [3.8, 4) is 0 Å². The molecule has 0 N–H and O–H groups in total. The van der Waals surface area contributed by atoms with E-state index >= 15 is 0 Å². The van der Waals surface area contributed by atoms with Crippen LogP contribution in [0.1, 0.15) is 82.9 Å². The van der Waals surface area contributed by atoms with E-state index < -0.39 is 18.4 Å². The first-order valence-corrected chi connectivity index (χ1v) is 19.4. The van der Waals surface area contributed by atoms with Gasteiger partial charge in [0, 0.05) is 0 Å². The zero-order chi connectivity index (χ0) is 21.0. The van der Waals surface area contributed by atoms with Crippen molar-refractivity contribution in [3.63, 3.8) is 0 Å². The Labute approximate surface area is 183 Å². The first-order chi connectivity index (χ1) is 14.2. The maximum absolute atomic E-state index is 5.01. The first-order valence-electron chi connectivity index (χ1n) is 11.9. The van der Waals surface area contributed by atoms with Crippen LogP contribution in [0.3, 0.4) is 0 Å². The summed E-state index contributed by atoms with van der Waals surface area (Å²) in [6, 6.07) is 13.6. The van der Waals surface area contributed by atoms with E-state index in [9.17, 15) is 0 Å². The van der Waals surface area contributed by atoms with E-state index in [2.05, 4.69) is 82.4 Å². The molecule has 158 valence electrons. The Morgan fingerprint density at radius 2 is 1.28 bits per heavy atom. The van der Waals surface area contributed by atoms with Crippen molar-refractivity contribution < 1.29 is 0 Å². The fourth-order valence-corrected chi connectivity index (χ4v) is 19.7. The fraction of sp³-hybridized carbons (Fsp3) is 0.519. The number of pyridine rings is 1. The van der Waals surface area contributed by atoms with Crippen molar-refractivity contribution in [2.24, 2.45) is 0 Å². The van der Waals surface area contributed by atoms with Crippen LogP contribution < -0.4 is 3.71 Å². The molecule has 2 rings (SSSR count). The first kappa shape index (κ1) is 24.2. The second-order valence-corrected chi connectivity index (χ2v) is 21.5. The van der Waals surface area contributed by atoms with Crippen molar-refractivity contribution in [1.29, 1.82) is 0 Å². The molecular formula is C27H41NSn. The number of hydrogen-bond donors (Lipinski definition) is 0. The van der Waals surface area contributed by atoms with Crippen LogP contribution in [-0.2, 0) is 6.42 Å². The third-order valence-corrected chi connectivity index (χ3v) is 21.3. The van der Waals surface area contributed by atoms with E-state index in [1.54, 1.807) is 0 Å². The van der Waals surface area contributed by atoms with Crippen LogP contribution >= 0.6 is 0 Å². The third-order valence-electron chi connectivity index (χ3n) is 6.21. The molecule has 0 aliphatic carbocycles. The summed E-state index contributed by atoms with van der Waals surface area (Å²) in [4.78, 5) is 5.01. The predicted molar refractivity (Wildman–Crippen MR) is 134 cm³/mol. The predicted octanol–water partition coefficient (Wildman–Crippen LogP) is 7.87. The van der Waals surface area contributed by atoms with Gasteiger partial charge in [0.1, 0.15) is 0 Å². The summed E-state index contributed by atoms with van der Waals surface area (Å²) in [5, 5.41) is 0. The van der Waals surface area contributed by atoms with Gasteiger partial charge in [-0.05, 0) is 0 Å². The standard InChI is InChI=1S/C15H14N.3C4H9.Sn/c1-2-13-3-5-14(6-4-13)7-8-15-9-11-16-12-10-15;3*1-3-4-2;/h3-11H,2H2,1H3;3*1,3-4H2,2H3;/b8-7+;;;;. The molecule has 0 bridgehead atoms. The molecule has 1 nitrogen and oxygen atoms in total. The Kier molecular flexibility index (Phi) is 11.1. The van der Waals surface area contributed by atoms with E-state index in [0.29, 0.717) is 0 Å². The molecule has 0 atom stereocenters. The molecule has 29 heavy (non-hydrogen) atoms. The molecule has 2 aromatic rings. The van der Waals surface area contributed by atoms with Crippen molar-refractivity contribution in [2.45, 2.75) is 86.0 Å². The summed E-state index contributed by atoms with van der Waals surface area (Å²) in [5.74, 6) is 0. The SMILES string of the molecule is CCC[CH2][Sn]([CH2]CCC)([CH2]CCC)[c]1cc(/C=C/c2ccc(CC)cc2)ccn1. The minimum atomic E-state index is -2.44. The molecule has 1 aromatic heterocycles. The summed E-state index contributed by atoms with van der Waals surface area (Å²) >= 11 is -2.44. The van der Waals surface area contributed by atoms with Gasteiger partial charge >= 0.3 is 184 Å². The van der Waals surface area contributed by atoms with Gasteiger partial charge in [-0.2, -0.15) is 0 Å². The molecule has 0 fully saturated rings. The number of unbranched alkanes of at least 4 members (excludes halogenated alkanes) is 3. The molecule has 0 amide bonds. The van der Waals surface area contributed by atoms with Crippen molar-refractivity contribution in [3.05, 3.63) is 59.3 Å². The van der Waals surface area contributed by atoms with Gasteiger partial charge in [-0.25, -0.2) is 0 Å². The summed E-state index contributed by atoms with van der Waals surface area (Å²) in [5.41, 5.74) is 3.99. The van der Waals surface area contributed by atoms with E-state index in [0.717, 1.165) is 6.42 Å². The zero-order valence-electron chi connectivity index (χ0n) is 19.2. The summed E-state index contributed by atoms with van der Waals surface area (Å²) in [7, 11) is 0. The Hall–Kier alpha value is -1.09. The number of benzene rings is 1. The van der Waals surface area contributed by atoms with E-state index in [-0.39, 0.29) is 0 Å². The van der Waals surface area contributed by atoms with Gasteiger partial charge in [-0.15, -0.1) is 0 Å². The number of aryl methyl sites for hydroxylation is 1. The Balaban J connectivity index is 2.29. The monoisotopic (exact) mass is 499 g/mol. The van der Waals surface area contributed by atoms with Crippen molar-refractivity contribution in [1.82, 2.24) is 4.98 Å². The Morgan fingerprint density at radius 3 is 1.79 bits per heavy atom. The quantitative estimate of drug-likeness (QED) is 0.256. The molecule has 0 unspecified atom stereocenters. The summed E-state index contributed by atoms with van der Waals surface area (Å²) in [6.07, 6.45) is 15.8. The van der Waals surface area contributed by atoms with Crippen molar-refractivity contribution >= 4 is 34.2 Å². The number of hydrogen-bond acceptors (Lipinski definition) is 1. The van der Waals surface area contributed by atoms with Gasteiger partial charge in [0.25, 0.3) is 0 Å². The molecule has 1 aromatic carbocycles. The van der Waals surface area contributed by atoms with Crippen LogP contribution in [0.2, 0.25) is 13.3 Å². The average Bonchev–Trinajstić information content (AvgIpc) is 2.78. The van der Waals surface area contributed by atoms with Gasteiger partial charge in [-0.3, -0.25) is 0 Å². The van der Waals surface area contributed by atoms with Crippen LogP contribution in [0.25, 0.3) is 12.2 Å². The molecule has 1 heterocycles. The van der Waals surface area contributed by atoms with Crippen LogP contribution in [0.5, 0.6) is 0 Å². The number of nitrogens with zero attached hydrogens (tertiary/aromatic N) is 1. The average molecular weight is 498 g/mol. The van der Waals surface area contributed by atoms with Gasteiger partial charge in [-0.1, -0.05) is 0 Å². The number of aromatic nitrogens is 1. The third kappa shape index (κ3) is 7.59. The maximum atomic E-state index is 5.01. The second-order valence-electron chi connectivity index (χ2n) is 8.49. The number of rotatable bonds is 13. The fourth-order valence-electron chi connectivity index (χ4n) is 4.20. The Bertz CT molecular complexity index is 711. The van der Waals surface area contributed by atoms with Gasteiger partial charge in [0.2, 0.25) is 0 Å². The normalized spacial score (nSPS) is 12.0. The molecule has 0 spiro atoms. The van der Waals surface area contributed by atoms with Crippen molar-refractivity contribution in [2.75, 3.05) is 0 Å². The topological polar surface area (TPSA) is 12.9 Å². The van der Waals surface area contributed by atoms with E-state index in [1.165, 1.54) is 72.2 Å². The van der Waals surface area contributed by atoms with Crippen LogP contribution in [-0.4, -0.2) is 23.4 Å². The van der Waals surface area contributed by atoms with Crippen LogP contribution in [0, 0.1) is 0 Å².